The number of hydrogen-bond donors (Lipinski definition) is 2. The summed E-state index contributed by atoms with van der Waals surface area (Å²) in [6.07, 6.45) is 3.76. The van der Waals surface area contributed by atoms with Crippen molar-refractivity contribution in [2.24, 2.45) is 11.7 Å². The van der Waals surface area contributed by atoms with E-state index >= 15 is 0 Å². The third-order valence-electron chi connectivity index (χ3n) is 5.41. The summed E-state index contributed by atoms with van der Waals surface area (Å²) < 4.78 is 5.47. The van der Waals surface area contributed by atoms with Crippen molar-refractivity contribution in [3.8, 4) is 0 Å². The number of hydrogen-bond acceptors (Lipinski definition) is 4. The molecule has 3 atom stereocenters. The molecule has 138 valence electrons. The molecule has 0 bridgehead atoms. The first-order valence-electron chi connectivity index (χ1n) is 9.23. The molecule has 0 radical (unpaired) electrons. The maximum absolute atomic E-state index is 12.4. The van der Waals surface area contributed by atoms with Gasteiger partial charge in [-0.05, 0) is 30.4 Å². The third kappa shape index (κ3) is 4.94. The average Bonchev–Trinajstić information content (AvgIpc) is 3.02. The average molecular weight is 366 g/mol. The van der Waals surface area contributed by atoms with Crippen molar-refractivity contribution in [2.75, 3.05) is 32.8 Å². The SMILES string of the molecule is N[C@@H]1CCC[C@H]1CC(=O)NCC(c1ccccc1Cl)N1CCOCC1. The molecule has 1 aliphatic heterocycles. The van der Waals surface area contributed by atoms with Gasteiger partial charge in [0.1, 0.15) is 0 Å². The van der Waals surface area contributed by atoms with Crippen molar-refractivity contribution in [1.29, 1.82) is 0 Å². The molecular formula is C19H28ClN3O2. The molecule has 6 heteroatoms. The van der Waals surface area contributed by atoms with E-state index in [9.17, 15) is 4.79 Å². The fourth-order valence-corrected chi connectivity index (χ4v) is 4.17. The first kappa shape index (κ1) is 18.6. The summed E-state index contributed by atoms with van der Waals surface area (Å²) in [7, 11) is 0. The molecule has 1 amide bonds. The highest BCUT2D eigenvalue weighted by atomic mass is 35.5. The number of nitrogens with two attached hydrogens (primary N) is 1. The van der Waals surface area contributed by atoms with Crippen LogP contribution < -0.4 is 11.1 Å². The van der Waals surface area contributed by atoms with Crippen molar-refractivity contribution in [3.63, 3.8) is 0 Å². The zero-order valence-electron chi connectivity index (χ0n) is 14.6. The van der Waals surface area contributed by atoms with Crippen LogP contribution in [0.5, 0.6) is 0 Å². The van der Waals surface area contributed by atoms with Gasteiger partial charge in [0.25, 0.3) is 0 Å². The highest BCUT2D eigenvalue weighted by Gasteiger charge is 2.28. The quantitative estimate of drug-likeness (QED) is 0.812. The predicted molar refractivity (Wildman–Crippen MR) is 99.5 cm³/mol. The number of morpholine rings is 1. The van der Waals surface area contributed by atoms with Crippen LogP contribution in [0, 0.1) is 5.92 Å². The molecule has 1 aliphatic carbocycles. The smallest absolute Gasteiger partial charge is 0.220 e. The van der Waals surface area contributed by atoms with Gasteiger partial charge in [0, 0.05) is 37.1 Å². The number of carbonyl (C=O) groups is 1. The Morgan fingerprint density at radius 2 is 2.08 bits per heavy atom. The van der Waals surface area contributed by atoms with Gasteiger partial charge in [-0.1, -0.05) is 36.2 Å². The second-order valence-corrected chi connectivity index (χ2v) is 7.46. The van der Waals surface area contributed by atoms with E-state index in [1.165, 1.54) is 0 Å². The molecule has 5 nitrogen and oxygen atoms in total. The van der Waals surface area contributed by atoms with Crippen LogP contribution in [0.2, 0.25) is 5.02 Å². The van der Waals surface area contributed by atoms with Gasteiger partial charge in [-0.15, -0.1) is 0 Å². The lowest BCUT2D eigenvalue weighted by Crippen LogP contribution is -2.44. The van der Waals surface area contributed by atoms with Gasteiger partial charge in [-0.25, -0.2) is 0 Å². The Labute approximate surface area is 154 Å². The van der Waals surface area contributed by atoms with Crippen molar-refractivity contribution in [1.82, 2.24) is 10.2 Å². The molecule has 0 aromatic heterocycles. The second kappa shape index (κ2) is 8.99. The fraction of sp³-hybridized carbons (Fsp3) is 0.632. The summed E-state index contributed by atoms with van der Waals surface area (Å²) in [5, 5.41) is 3.86. The number of nitrogens with zero attached hydrogens (tertiary/aromatic N) is 1. The van der Waals surface area contributed by atoms with E-state index in [2.05, 4.69) is 10.2 Å². The lowest BCUT2D eigenvalue weighted by atomic mass is 9.99. The Hall–Kier alpha value is -1.14. The molecule has 25 heavy (non-hydrogen) atoms. The number of ether oxygens (including phenoxy) is 1. The number of rotatable bonds is 6. The number of nitrogens with one attached hydrogen (secondary N) is 1. The third-order valence-corrected chi connectivity index (χ3v) is 5.75. The molecule has 0 spiro atoms. The van der Waals surface area contributed by atoms with E-state index in [0.717, 1.165) is 42.9 Å². The Kier molecular flexibility index (Phi) is 6.70. The molecule has 1 heterocycles. The summed E-state index contributed by atoms with van der Waals surface area (Å²) in [6, 6.07) is 8.12. The summed E-state index contributed by atoms with van der Waals surface area (Å²) in [5.41, 5.74) is 7.15. The van der Waals surface area contributed by atoms with Crippen LogP contribution >= 0.6 is 11.6 Å². The van der Waals surface area contributed by atoms with Gasteiger partial charge in [0.15, 0.2) is 0 Å². The van der Waals surface area contributed by atoms with Crippen LogP contribution in [-0.2, 0) is 9.53 Å². The van der Waals surface area contributed by atoms with E-state index in [1.807, 2.05) is 24.3 Å². The largest absolute Gasteiger partial charge is 0.379 e. The molecule has 1 aromatic rings. The number of halogens is 1. The van der Waals surface area contributed by atoms with Gasteiger partial charge in [-0.3, -0.25) is 9.69 Å². The number of amides is 1. The van der Waals surface area contributed by atoms with Crippen LogP contribution in [0.3, 0.4) is 0 Å². The molecule has 1 aromatic carbocycles. The minimum absolute atomic E-state index is 0.0683. The standard InChI is InChI=1S/C19H28ClN3O2/c20-16-6-2-1-5-15(16)18(23-8-10-25-11-9-23)13-22-19(24)12-14-4-3-7-17(14)21/h1-2,5-6,14,17-18H,3-4,7-13,21H2,(H,22,24)/t14-,17+,18?/m0/s1. The maximum atomic E-state index is 12.4. The van der Waals surface area contributed by atoms with Gasteiger partial charge in [0.05, 0.1) is 19.3 Å². The summed E-state index contributed by atoms with van der Waals surface area (Å²) in [6.45, 7) is 3.68. The molecule has 3 N–H and O–H groups in total. The van der Waals surface area contributed by atoms with Crippen LogP contribution in [0.4, 0.5) is 0 Å². The highest BCUT2D eigenvalue weighted by Crippen LogP contribution is 2.29. The molecule has 1 saturated carbocycles. The lowest BCUT2D eigenvalue weighted by Gasteiger charge is -2.35. The van der Waals surface area contributed by atoms with Crippen LogP contribution in [-0.4, -0.2) is 49.7 Å². The van der Waals surface area contributed by atoms with Crippen molar-refractivity contribution < 1.29 is 9.53 Å². The predicted octanol–water partition coefficient (Wildman–Crippen LogP) is 2.35. The molecule has 3 rings (SSSR count). The first-order chi connectivity index (χ1) is 12.1. The van der Waals surface area contributed by atoms with Crippen molar-refractivity contribution in [3.05, 3.63) is 34.9 Å². The normalized spacial score (nSPS) is 25.7. The Bertz CT molecular complexity index is 578. The van der Waals surface area contributed by atoms with E-state index in [4.69, 9.17) is 22.1 Å². The molecule has 2 fully saturated rings. The zero-order valence-corrected chi connectivity index (χ0v) is 15.4. The topological polar surface area (TPSA) is 67.6 Å². The number of carbonyl (C=O) groups excluding carboxylic acids is 1. The first-order valence-corrected chi connectivity index (χ1v) is 9.61. The molecule has 1 unspecified atom stereocenters. The molecule has 1 saturated heterocycles. The van der Waals surface area contributed by atoms with Crippen molar-refractivity contribution >= 4 is 17.5 Å². The van der Waals surface area contributed by atoms with Crippen molar-refractivity contribution in [2.45, 2.75) is 37.8 Å². The van der Waals surface area contributed by atoms with E-state index in [0.29, 0.717) is 32.1 Å². The summed E-state index contributed by atoms with van der Waals surface area (Å²) in [4.78, 5) is 14.7. The summed E-state index contributed by atoms with van der Waals surface area (Å²) in [5.74, 6) is 0.412. The Balaban J connectivity index is 1.63. The summed E-state index contributed by atoms with van der Waals surface area (Å²) >= 11 is 6.42. The van der Waals surface area contributed by atoms with Gasteiger partial charge < -0.3 is 15.8 Å². The highest BCUT2D eigenvalue weighted by molar-refractivity contribution is 6.31. The van der Waals surface area contributed by atoms with Crippen LogP contribution in [0.1, 0.15) is 37.3 Å². The minimum Gasteiger partial charge on any atom is -0.379 e. The molecular weight excluding hydrogens is 338 g/mol. The Morgan fingerprint density at radius 1 is 1.32 bits per heavy atom. The van der Waals surface area contributed by atoms with Crippen LogP contribution in [0.15, 0.2) is 24.3 Å². The fourth-order valence-electron chi connectivity index (χ4n) is 3.91. The maximum Gasteiger partial charge on any atom is 0.220 e. The van der Waals surface area contributed by atoms with E-state index in [1.54, 1.807) is 0 Å². The number of benzene rings is 1. The Morgan fingerprint density at radius 3 is 2.76 bits per heavy atom. The zero-order chi connectivity index (χ0) is 17.6. The van der Waals surface area contributed by atoms with E-state index < -0.39 is 0 Å². The minimum atomic E-state index is 0.0683. The van der Waals surface area contributed by atoms with Gasteiger partial charge >= 0.3 is 0 Å². The van der Waals surface area contributed by atoms with E-state index in [-0.39, 0.29) is 18.0 Å². The molecule has 2 aliphatic rings. The second-order valence-electron chi connectivity index (χ2n) is 7.05. The van der Waals surface area contributed by atoms with Gasteiger partial charge in [0.2, 0.25) is 5.91 Å². The van der Waals surface area contributed by atoms with Gasteiger partial charge in [-0.2, -0.15) is 0 Å². The lowest BCUT2D eigenvalue weighted by molar-refractivity contribution is -0.122. The monoisotopic (exact) mass is 365 g/mol. The van der Waals surface area contributed by atoms with Crippen LogP contribution in [0.25, 0.3) is 0 Å².